The van der Waals surface area contributed by atoms with E-state index in [0.29, 0.717) is 5.56 Å². The molecule has 0 spiro atoms. The van der Waals surface area contributed by atoms with Crippen LogP contribution in [0.5, 0.6) is 5.75 Å². The molecular weight excluding hydrogens is 268 g/mol. The molecule has 0 aliphatic carbocycles. The van der Waals surface area contributed by atoms with E-state index in [9.17, 15) is 9.90 Å². The molecule has 0 fully saturated rings. The van der Waals surface area contributed by atoms with Crippen LogP contribution in [0.25, 0.3) is 10.8 Å². The Morgan fingerprint density at radius 2 is 1.95 bits per heavy atom. The smallest absolute Gasteiger partial charge is 0.428 e. The number of aromatic hydroxyl groups is 1. The number of nitrogens with zero attached hydrogens (tertiary/aromatic N) is 1. The monoisotopic (exact) mass is 286 g/mol. The van der Waals surface area contributed by atoms with Crippen LogP contribution in [0.2, 0.25) is 0 Å². The van der Waals surface area contributed by atoms with Crippen LogP contribution in [0.1, 0.15) is 26.3 Å². The molecular formula is C16H18N2O3. The summed E-state index contributed by atoms with van der Waals surface area (Å²) in [5.41, 5.74) is 2.20. The van der Waals surface area contributed by atoms with Crippen molar-refractivity contribution in [2.75, 3.05) is 0 Å². The third kappa shape index (κ3) is 3.95. The fourth-order valence-corrected chi connectivity index (χ4v) is 1.83. The Balaban J connectivity index is 2.11. The maximum absolute atomic E-state index is 11.4. The van der Waals surface area contributed by atoms with E-state index in [-0.39, 0.29) is 5.75 Å². The summed E-state index contributed by atoms with van der Waals surface area (Å²) in [6, 6.07) is 11.1. The molecule has 0 saturated carbocycles. The first-order valence-corrected chi connectivity index (χ1v) is 6.59. The van der Waals surface area contributed by atoms with Crippen molar-refractivity contribution in [3.63, 3.8) is 0 Å². The number of carbonyl (C=O) groups excluding carboxylic acids is 1. The minimum atomic E-state index is -0.640. The average molecular weight is 286 g/mol. The molecule has 0 aromatic heterocycles. The Morgan fingerprint density at radius 1 is 1.24 bits per heavy atom. The lowest BCUT2D eigenvalue weighted by molar-refractivity contribution is 0.0529. The molecule has 110 valence electrons. The highest BCUT2D eigenvalue weighted by Crippen LogP contribution is 2.27. The molecule has 5 heteroatoms. The van der Waals surface area contributed by atoms with Crippen molar-refractivity contribution in [1.82, 2.24) is 5.43 Å². The van der Waals surface area contributed by atoms with Gasteiger partial charge in [-0.25, -0.2) is 10.2 Å². The minimum Gasteiger partial charge on any atom is -0.507 e. The first kappa shape index (κ1) is 14.8. The van der Waals surface area contributed by atoms with Gasteiger partial charge >= 0.3 is 6.09 Å². The third-order valence-corrected chi connectivity index (χ3v) is 2.69. The van der Waals surface area contributed by atoms with E-state index in [1.807, 2.05) is 30.3 Å². The summed E-state index contributed by atoms with van der Waals surface area (Å²) in [7, 11) is 0. The van der Waals surface area contributed by atoms with Gasteiger partial charge in [0.15, 0.2) is 0 Å². The standard InChI is InChI=1S/C16H18N2O3/c1-16(2,3)21-15(20)18-17-10-12-9-8-11-6-4-5-7-13(11)14(12)19/h4-10,19H,1-3H3,(H,18,20)/b17-10+. The topological polar surface area (TPSA) is 70.9 Å². The van der Waals surface area contributed by atoms with Gasteiger partial charge in [-0.05, 0) is 32.2 Å². The highest BCUT2D eigenvalue weighted by atomic mass is 16.6. The number of phenols is 1. The molecule has 0 aliphatic heterocycles. The third-order valence-electron chi connectivity index (χ3n) is 2.69. The van der Waals surface area contributed by atoms with Gasteiger partial charge in [-0.15, -0.1) is 0 Å². The zero-order valence-electron chi connectivity index (χ0n) is 12.3. The van der Waals surface area contributed by atoms with E-state index >= 15 is 0 Å². The average Bonchev–Trinajstić information content (AvgIpc) is 2.40. The van der Waals surface area contributed by atoms with Crippen molar-refractivity contribution < 1.29 is 14.6 Å². The van der Waals surface area contributed by atoms with Gasteiger partial charge in [-0.1, -0.05) is 30.3 Å². The van der Waals surface area contributed by atoms with E-state index in [4.69, 9.17) is 4.74 Å². The number of fused-ring (bicyclic) bond motifs is 1. The van der Waals surface area contributed by atoms with E-state index in [1.54, 1.807) is 26.8 Å². The van der Waals surface area contributed by atoms with Gasteiger partial charge in [0.25, 0.3) is 0 Å². The van der Waals surface area contributed by atoms with Crippen LogP contribution in [0, 0.1) is 0 Å². The lowest BCUT2D eigenvalue weighted by Gasteiger charge is -2.18. The summed E-state index contributed by atoms with van der Waals surface area (Å²) < 4.78 is 5.05. The van der Waals surface area contributed by atoms with Crippen molar-refractivity contribution in [1.29, 1.82) is 0 Å². The number of amides is 1. The second kappa shape index (κ2) is 5.83. The summed E-state index contributed by atoms with van der Waals surface area (Å²) in [6.07, 6.45) is 0.741. The number of phenolic OH excluding ortho intramolecular Hbond substituents is 1. The minimum absolute atomic E-state index is 0.128. The zero-order valence-corrected chi connectivity index (χ0v) is 12.3. The second-order valence-corrected chi connectivity index (χ2v) is 5.60. The molecule has 2 N–H and O–H groups in total. The molecule has 2 aromatic rings. The highest BCUT2D eigenvalue weighted by molar-refractivity contribution is 5.97. The Bertz CT molecular complexity index is 687. The summed E-state index contributed by atoms with van der Waals surface area (Å²) in [5.74, 6) is 0.128. The first-order valence-electron chi connectivity index (χ1n) is 6.59. The van der Waals surface area contributed by atoms with Gasteiger partial charge in [-0.2, -0.15) is 5.10 Å². The van der Waals surface area contributed by atoms with Crippen LogP contribution < -0.4 is 5.43 Å². The molecule has 0 radical (unpaired) electrons. The van der Waals surface area contributed by atoms with Gasteiger partial charge in [0, 0.05) is 10.9 Å². The molecule has 0 atom stereocenters. The predicted molar refractivity (Wildman–Crippen MR) is 82.6 cm³/mol. The summed E-state index contributed by atoms with van der Waals surface area (Å²) in [4.78, 5) is 11.4. The number of nitrogens with one attached hydrogen (secondary N) is 1. The largest absolute Gasteiger partial charge is 0.507 e. The fourth-order valence-electron chi connectivity index (χ4n) is 1.83. The lowest BCUT2D eigenvalue weighted by atomic mass is 10.1. The molecule has 0 saturated heterocycles. The number of benzene rings is 2. The summed E-state index contributed by atoms with van der Waals surface area (Å²) >= 11 is 0. The Labute approximate surface area is 123 Å². The molecule has 5 nitrogen and oxygen atoms in total. The lowest BCUT2D eigenvalue weighted by Crippen LogP contribution is -2.29. The zero-order chi connectivity index (χ0) is 15.5. The Kier molecular flexibility index (Phi) is 4.12. The first-order chi connectivity index (χ1) is 9.87. The van der Waals surface area contributed by atoms with Crippen molar-refractivity contribution >= 4 is 23.1 Å². The van der Waals surface area contributed by atoms with E-state index < -0.39 is 11.7 Å². The van der Waals surface area contributed by atoms with Crippen LogP contribution in [0.4, 0.5) is 4.79 Å². The number of carbonyl (C=O) groups is 1. The van der Waals surface area contributed by atoms with Crippen LogP contribution in [0.3, 0.4) is 0 Å². The Morgan fingerprint density at radius 3 is 2.67 bits per heavy atom. The number of hydrogen-bond donors (Lipinski definition) is 2. The molecule has 21 heavy (non-hydrogen) atoms. The predicted octanol–water partition coefficient (Wildman–Crippen LogP) is 3.40. The van der Waals surface area contributed by atoms with E-state index in [1.165, 1.54) is 6.21 Å². The van der Waals surface area contributed by atoms with Gasteiger partial charge < -0.3 is 9.84 Å². The molecule has 0 aliphatic rings. The Hall–Kier alpha value is -2.56. The van der Waals surface area contributed by atoms with Crippen molar-refractivity contribution in [3.8, 4) is 5.75 Å². The van der Waals surface area contributed by atoms with Crippen LogP contribution >= 0.6 is 0 Å². The van der Waals surface area contributed by atoms with Gasteiger partial charge in [0.1, 0.15) is 11.4 Å². The molecule has 0 heterocycles. The molecule has 0 bridgehead atoms. The quantitative estimate of drug-likeness (QED) is 0.656. The number of hydrogen-bond acceptors (Lipinski definition) is 4. The van der Waals surface area contributed by atoms with E-state index in [0.717, 1.165) is 10.8 Å². The van der Waals surface area contributed by atoms with Crippen molar-refractivity contribution in [2.24, 2.45) is 5.10 Å². The molecule has 0 unspecified atom stereocenters. The SMILES string of the molecule is CC(C)(C)OC(=O)N/N=C/c1ccc2ccccc2c1O. The van der Waals surface area contributed by atoms with Crippen LogP contribution in [-0.4, -0.2) is 23.0 Å². The number of rotatable bonds is 2. The maximum atomic E-state index is 11.4. The summed E-state index contributed by atoms with van der Waals surface area (Å²) in [5, 5.41) is 15.6. The van der Waals surface area contributed by atoms with Gasteiger partial charge in [-0.3, -0.25) is 0 Å². The van der Waals surface area contributed by atoms with E-state index in [2.05, 4.69) is 10.5 Å². The number of hydrazone groups is 1. The van der Waals surface area contributed by atoms with Gasteiger partial charge in [0.2, 0.25) is 0 Å². The maximum Gasteiger partial charge on any atom is 0.428 e. The number of ether oxygens (including phenoxy) is 1. The van der Waals surface area contributed by atoms with Gasteiger partial charge in [0.05, 0.1) is 6.21 Å². The van der Waals surface area contributed by atoms with Crippen LogP contribution in [0.15, 0.2) is 41.5 Å². The molecule has 2 rings (SSSR count). The summed E-state index contributed by atoms with van der Waals surface area (Å²) in [6.45, 7) is 5.31. The fraction of sp³-hybridized carbons (Fsp3) is 0.250. The van der Waals surface area contributed by atoms with Crippen molar-refractivity contribution in [2.45, 2.75) is 26.4 Å². The molecule has 1 amide bonds. The molecule has 2 aromatic carbocycles. The van der Waals surface area contributed by atoms with Crippen LogP contribution in [-0.2, 0) is 4.74 Å². The normalized spacial score (nSPS) is 11.8. The second-order valence-electron chi connectivity index (χ2n) is 5.60. The highest BCUT2D eigenvalue weighted by Gasteiger charge is 2.15. The van der Waals surface area contributed by atoms with Crippen molar-refractivity contribution in [3.05, 3.63) is 42.0 Å².